The summed E-state index contributed by atoms with van der Waals surface area (Å²) >= 11 is 6.49. The number of carbonyl (C=O) groups excluding carboxylic acids is 3. The van der Waals surface area contributed by atoms with Crippen molar-refractivity contribution >= 4 is 57.8 Å². The number of thioether (sulfide) groups is 1. The lowest BCUT2D eigenvalue weighted by Gasteiger charge is -2.21. The molecule has 2 aromatic carbocycles. The minimum absolute atomic E-state index is 0.0281. The molecule has 0 saturated carbocycles. The number of allylic oxidation sites excluding steroid dienone is 2. The van der Waals surface area contributed by atoms with Crippen LogP contribution in [0, 0.1) is 0 Å². The molecule has 156 valence electrons. The molecule has 0 bridgehead atoms. The first-order valence-electron chi connectivity index (χ1n) is 9.51. The summed E-state index contributed by atoms with van der Waals surface area (Å²) in [6, 6.07) is 14.5. The summed E-state index contributed by atoms with van der Waals surface area (Å²) in [5.74, 6) is -1.28. The molecule has 0 spiro atoms. The monoisotopic (exact) mass is 450 g/mol. The number of anilines is 1. The van der Waals surface area contributed by atoms with Crippen LogP contribution in [-0.4, -0.2) is 38.1 Å². The van der Waals surface area contributed by atoms with Crippen molar-refractivity contribution in [2.24, 2.45) is 0 Å². The van der Waals surface area contributed by atoms with Gasteiger partial charge in [0.25, 0.3) is 11.8 Å². The number of amides is 3. The highest BCUT2D eigenvalue weighted by molar-refractivity contribution is 8.26. The fourth-order valence-corrected chi connectivity index (χ4v) is 4.91. The Bertz CT molecular complexity index is 1140. The maximum atomic E-state index is 13.0. The van der Waals surface area contributed by atoms with Crippen LogP contribution in [0.3, 0.4) is 0 Å². The summed E-state index contributed by atoms with van der Waals surface area (Å²) in [5.41, 5.74) is 2.22. The van der Waals surface area contributed by atoms with Gasteiger partial charge in [-0.3, -0.25) is 19.3 Å². The molecule has 2 aromatic rings. The van der Waals surface area contributed by atoms with Gasteiger partial charge >= 0.3 is 0 Å². The van der Waals surface area contributed by atoms with Gasteiger partial charge in [-0.15, -0.1) is 0 Å². The zero-order valence-corrected chi connectivity index (χ0v) is 18.2. The van der Waals surface area contributed by atoms with Crippen LogP contribution >= 0.6 is 24.0 Å². The van der Waals surface area contributed by atoms with Gasteiger partial charge < -0.3 is 5.11 Å². The van der Waals surface area contributed by atoms with E-state index in [1.807, 2.05) is 43.3 Å². The fraction of sp³-hybridized carbons (Fsp3) is 0.130. The standard InChI is InChI=1S/C23H18N2O4S2/c1-14(11-15-5-3-2-4-6-15)12-19-22(29)25(23(30)31-19)18-13-20(27)24(21(18)28)16-7-9-17(26)10-8-16/h2-12,18,26H,13H2,1H3/b14-11+,19-12-. The molecule has 0 radical (unpaired) electrons. The second kappa shape index (κ2) is 8.49. The van der Waals surface area contributed by atoms with Crippen LogP contribution in [0.25, 0.3) is 6.08 Å². The second-order valence-electron chi connectivity index (χ2n) is 7.15. The molecular formula is C23H18N2O4S2. The van der Waals surface area contributed by atoms with Crippen molar-refractivity contribution in [3.05, 3.63) is 76.7 Å². The molecule has 8 heteroatoms. The van der Waals surface area contributed by atoms with Crippen LogP contribution < -0.4 is 4.90 Å². The Kier molecular flexibility index (Phi) is 5.75. The van der Waals surface area contributed by atoms with Gasteiger partial charge in [0.1, 0.15) is 16.1 Å². The second-order valence-corrected chi connectivity index (χ2v) is 8.83. The molecule has 4 rings (SSSR count). The van der Waals surface area contributed by atoms with E-state index >= 15 is 0 Å². The van der Waals surface area contributed by atoms with Crippen molar-refractivity contribution < 1.29 is 19.5 Å². The molecule has 2 aliphatic heterocycles. The van der Waals surface area contributed by atoms with E-state index in [1.165, 1.54) is 29.2 Å². The highest BCUT2D eigenvalue weighted by Gasteiger charge is 2.48. The Morgan fingerprint density at radius 1 is 1.10 bits per heavy atom. The Morgan fingerprint density at radius 3 is 2.45 bits per heavy atom. The third kappa shape index (κ3) is 4.17. The van der Waals surface area contributed by atoms with E-state index in [1.54, 1.807) is 6.08 Å². The number of hydrogen-bond acceptors (Lipinski definition) is 6. The van der Waals surface area contributed by atoms with Crippen molar-refractivity contribution in [1.82, 2.24) is 4.90 Å². The van der Waals surface area contributed by atoms with Gasteiger partial charge in [0.15, 0.2) is 0 Å². The van der Waals surface area contributed by atoms with Crippen molar-refractivity contribution in [2.45, 2.75) is 19.4 Å². The molecule has 3 amide bonds. The number of benzene rings is 2. The first-order valence-corrected chi connectivity index (χ1v) is 10.7. The van der Waals surface area contributed by atoms with Crippen molar-refractivity contribution in [3.63, 3.8) is 0 Å². The third-order valence-electron chi connectivity index (χ3n) is 4.92. The fourth-order valence-electron chi connectivity index (χ4n) is 3.50. The molecule has 1 unspecified atom stereocenters. The molecule has 1 N–H and O–H groups in total. The quantitative estimate of drug-likeness (QED) is 0.433. The van der Waals surface area contributed by atoms with Crippen molar-refractivity contribution in [2.75, 3.05) is 4.90 Å². The summed E-state index contributed by atoms with van der Waals surface area (Å²) in [7, 11) is 0. The average Bonchev–Trinajstić information content (AvgIpc) is 3.17. The van der Waals surface area contributed by atoms with Gasteiger partial charge in [0.2, 0.25) is 5.91 Å². The van der Waals surface area contributed by atoms with E-state index in [9.17, 15) is 19.5 Å². The van der Waals surface area contributed by atoms with E-state index in [2.05, 4.69) is 0 Å². The van der Waals surface area contributed by atoms with Gasteiger partial charge in [0, 0.05) is 0 Å². The molecule has 2 saturated heterocycles. The number of thiocarbonyl (C=S) groups is 1. The maximum absolute atomic E-state index is 13.0. The lowest BCUT2D eigenvalue weighted by Crippen LogP contribution is -2.44. The van der Waals surface area contributed by atoms with Gasteiger partial charge in [0.05, 0.1) is 17.0 Å². The third-order valence-corrected chi connectivity index (χ3v) is 6.25. The zero-order valence-electron chi connectivity index (χ0n) is 16.5. The molecule has 2 fully saturated rings. The van der Waals surface area contributed by atoms with E-state index in [-0.39, 0.29) is 22.4 Å². The normalized spacial score (nSPS) is 21.0. The van der Waals surface area contributed by atoms with E-state index in [0.717, 1.165) is 27.8 Å². The lowest BCUT2D eigenvalue weighted by atomic mass is 10.1. The zero-order chi connectivity index (χ0) is 22.1. The summed E-state index contributed by atoms with van der Waals surface area (Å²) in [6.45, 7) is 1.89. The minimum atomic E-state index is -0.974. The number of imide groups is 1. The molecule has 6 nitrogen and oxygen atoms in total. The minimum Gasteiger partial charge on any atom is -0.508 e. The van der Waals surface area contributed by atoms with E-state index in [0.29, 0.717) is 10.6 Å². The number of phenolic OH excluding ortho intramolecular Hbond substituents is 1. The lowest BCUT2D eigenvalue weighted by molar-refractivity contribution is -0.130. The van der Waals surface area contributed by atoms with E-state index < -0.39 is 17.9 Å². The number of carbonyl (C=O) groups is 3. The summed E-state index contributed by atoms with van der Waals surface area (Å²) in [5, 5.41) is 9.45. The number of aromatic hydroxyl groups is 1. The van der Waals surface area contributed by atoms with Crippen LogP contribution in [0.4, 0.5) is 5.69 Å². The largest absolute Gasteiger partial charge is 0.508 e. The number of phenols is 1. The van der Waals surface area contributed by atoms with Crippen LogP contribution in [0.15, 0.2) is 71.2 Å². The molecule has 0 aromatic heterocycles. The highest BCUT2D eigenvalue weighted by Crippen LogP contribution is 2.37. The van der Waals surface area contributed by atoms with Gasteiger partial charge in [-0.2, -0.15) is 0 Å². The average molecular weight is 451 g/mol. The van der Waals surface area contributed by atoms with Crippen molar-refractivity contribution in [1.29, 1.82) is 0 Å². The topological polar surface area (TPSA) is 77.9 Å². The van der Waals surface area contributed by atoms with Gasteiger partial charge in [-0.25, -0.2) is 4.90 Å². The molecule has 2 aliphatic rings. The highest BCUT2D eigenvalue weighted by atomic mass is 32.2. The molecule has 0 aliphatic carbocycles. The first-order chi connectivity index (χ1) is 14.8. The molecule has 31 heavy (non-hydrogen) atoms. The summed E-state index contributed by atoms with van der Waals surface area (Å²) < 4.78 is 0.252. The van der Waals surface area contributed by atoms with Crippen LogP contribution in [0.2, 0.25) is 0 Å². The predicted molar refractivity (Wildman–Crippen MR) is 124 cm³/mol. The molecular weight excluding hydrogens is 432 g/mol. The predicted octanol–water partition coefficient (Wildman–Crippen LogP) is 3.87. The van der Waals surface area contributed by atoms with Crippen LogP contribution in [-0.2, 0) is 14.4 Å². The van der Waals surface area contributed by atoms with Crippen LogP contribution in [0.5, 0.6) is 5.75 Å². The van der Waals surface area contributed by atoms with Gasteiger partial charge in [-0.1, -0.05) is 60.4 Å². The molecule has 1 atom stereocenters. The Morgan fingerprint density at radius 2 is 1.77 bits per heavy atom. The number of nitrogens with zero attached hydrogens (tertiary/aromatic N) is 2. The van der Waals surface area contributed by atoms with Crippen LogP contribution in [0.1, 0.15) is 18.9 Å². The van der Waals surface area contributed by atoms with E-state index in [4.69, 9.17) is 12.2 Å². The Balaban J connectivity index is 1.56. The van der Waals surface area contributed by atoms with Gasteiger partial charge in [-0.05, 0) is 48.4 Å². The molecule has 2 heterocycles. The SMILES string of the molecule is CC(/C=C1\SC(=S)N(C2CC(=O)N(c3ccc(O)cc3)C2=O)C1=O)=C\c1ccccc1. The summed E-state index contributed by atoms with van der Waals surface area (Å²) in [4.78, 5) is 41.3. The number of hydrogen-bond donors (Lipinski definition) is 1. The summed E-state index contributed by atoms with van der Waals surface area (Å²) in [6.07, 6.45) is 3.55. The Labute approximate surface area is 188 Å². The number of rotatable bonds is 4. The Hall–Kier alpha value is -3.23. The maximum Gasteiger partial charge on any atom is 0.266 e. The van der Waals surface area contributed by atoms with Crippen molar-refractivity contribution in [3.8, 4) is 5.75 Å². The smallest absolute Gasteiger partial charge is 0.266 e. The first kappa shape index (κ1) is 21.0.